The van der Waals surface area contributed by atoms with E-state index in [1.807, 2.05) is 6.92 Å². The fourth-order valence-electron chi connectivity index (χ4n) is 2.26. The van der Waals surface area contributed by atoms with Gasteiger partial charge in [0.1, 0.15) is 11.6 Å². The second-order valence-electron chi connectivity index (χ2n) is 5.21. The summed E-state index contributed by atoms with van der Waals surface area (Å²) >= 11 is 0. The molecular weight excluding hydrogens is 286 g/mol. The molecule has 0 saturated heterocycles. The van der Waals surface area contributed by atoms with Gasteiger partial charge in [0.25, 0.3) is 5.91 Å². The van der Waals surface area contributed by atoms with Gasteiger partial charge in [-0.05, 0) is 44.2 Å². The van der Waals surface area contributed by atoms with Crippen molar-refractivity contribution in [2.24, 2.45) is 10.9 Å². The Kier molecular flexibility index (Phi) is 4.85. The van der Waals surface area contributed by atoms with Crippen LogP contribution in [0.2, 0.25) is 0 Å². The summed E-state index contributed by atoms with van der Waals surface area (Å²) in [4.78, 5) is 18.2. The average Bonchev–Trinajstić information content (AvgIpc) is 2.59. The molecule has 0 aromatic heterocycles. The van der Waals surface area contributed by atoms with Crippen LogP contribution < -0.4 is 4.90 Å². The third-order valence-corrected chi connectivity index (χ3v) is 3.72. The van der Waals surface area contributed by atoms with Gasteiger partial charge < -0.3 is 0 Å². The molecule has 3 nitrogen and oxygen atoms in total. The first-order valence-electron chi connectivity index (χ1n) is 7.10. The largest absolute Gasteiger partial charge is 0.271 e. The first-order chi connectivity index (χ1) is 10.5. The zero-order valence-electron chi connectivity index (χ0n) is 12.8. The predicted molar refractivity (Wildman–Crippen MR) is 84.0 cm³/mol. The fourth-order valence-corrected chi connectivity index (χ4v) is 2.26. The van der Waals surface area contributed by atoms with Gasteiger partial charge in [-0.2, -0.15) is 0 Å². The van der Waals surface area contributed by atoms with Crippen LogP contribution in [-0.2, 0) is 4.79 Å². The Morgan fingerprint density at radius 2 is 1.91 bits per heavy atom. The van der Waals surface area contributed by atoms with Crippen molar-refractivity contribution in [3.8, 4) is 0 Å². The van der Waals surface area contributed by atoms with Crippen LogP contribution in [0.1, 0.15) is 20.8 Å². The molecule has 1 heterocycles. The SMILES string of the molecule is CC=CC(F)=C1C(=O)N(c2ccc(F)cc2)C=NC(C)C1C. The summed E-state index contributed by atoms with van der Waals surface area (Å²) < 4.78 is 27.4. The van der Waals surface area contributed by atoms with Gasteiger partial charge in [-0.3, -0.25) is 14.7 Å². The molecule has 0 spiro atoms. The molecule has 1 aliphatic rings. The highest BCUT2D eigenvalue weighted by molar-refractivity contribution is 6.17. The Balaban J connectivity index is 2.52. The van der Waals surface area contributed by atoms with Crippen LogP contribution in [0.3, 0.4) is 0 Å². The zero-order valence-corrected chi connectivity index (χ0v) is 12.8. The molecule has 0 bridgehead atoms. The third kappa shape index (κ3) is 3.13. The monoisotopic (exact) mass is 304 g/mol. The second kappa shape index (κ2) is 6.64. The second-order valence-corrected chi connectivity index (χ2v) is 5.21. The van der Waals surface area contributed by atoms with Crippen LogP contribution in [0.4, 0.5) is 14.5 Å². The van der Waals surface area contributed by atoms with E-state index < -0.39 is 17.6 Å². The number of hydrogen-bond acceptors (Lipinski definition) is 2. The fraction of sp³-hybridized carbons (Fsp3) is 0.294. The number of rotatable bonds is 2. The van der Waals surface area contributed by atoms with Crippen molar-refractivity contribution < 1.29 is 13.6 Å². The summed E-state index contributed by atoms with van der Waals surface area (Å²) in [5.74, 6) is -1.81. The number of aliphatic imine (C=N–C) groups is 1. The molecule has 1 aromatic carbocycles. The predicted octanol–water partition coefficient (Wildman–Crippen LogP) is 4.02. The lowest BCUT2D eigenvalue weighted by Crippen LogP contribution is -2.31. The van der Waals surface area contributed by atoms with Gasteiger partial charge in [0.05, 0.1) is 23.6 Å². The van der Waals surface area contributed by atoms with Crippen molar-refractivity contribution in [1.82, 2.24) is 0 Å². The minimum absolute atomic E-state index is 0.0763. The van der Waals surface area contributed by atoms with Crippen LogP contribution >= 0.6 is 0 Å². The number of nitrogens with zero attached hydrogens (tertiary/aromatic N) is 2. The molecule has 1 aliphatic heterocycles. The van der Waals surface area contributed by atoms with Gasteiger partial charge >= 0.3 is 0 Å². The van der Waals surface area contributed by atoms with E-state index in [1.165, 1.54) is 41.6 Å². The van der Waals surface area contributed by atoms with E-state index in [0.717, 1.165) is 0 Å². The Bertz CT molecular complexity index is 647. The topological polar surface area (TPSA) is 32.7 Å². The van der Waals surface area contributed by atoms with Crippen molar-refractivity contribution in [1.29, 1.82) is 0 Å². The Morgan fingerprint density at radius 1 is 1.27 bits per heavy atom. The highest BCUT2D eigenvalue weighted by atomic mass is 19.1. The Labute approximate surface area is 128 Å². The van der Waals surface area contributed by atoms with Gasteiger partial charge in [-0.15, -0.1) is 0 Å². The molecule has 0 fully saturated rings. The minimum Gasteiger partial charge on any atom is -0.271 e. The van der Waals surface area contributed by atoms with Gasteiger partial charge in [0.2, 0.25) is 0 Å². The van der Waals surface area contributed by atoms with Crippen molar-refractivity contribution in [2.75, 3.05) is 4.90 Å². The summed E-state index contributed by atoms with van der Waals surface area (Å²) in [5, 5.41) is 0. The molecule has 0 N–H and O–H groups in total. The number of amides is 1. The number of carbonyl (C=O) groups is 1. The summed E-state index contributed by atoms with van der Waals surface area (Å²) in [6, 6.07) is 5.19. The summed E-state index contributed by atoms with van der Waals surface area (Å²) in [7, 11) is 0. The van der Waals surface area contributed by atoms with Crippen LogP contribution in [0.25, 0.3) is 0 Å². The molecule has 0 aliphatic carbocycles. The van der Waals surface area contributed by atoms with E-state index >= 15 is 0 Å². The van der Waals surface area contributed by atoms with E-state index in [1.54, 1.807) is 19.9 Å². The van der Waals surface area contributed by atoms with Crippen molar-refractivity contribution in [3.63, 3.8) is 0 Å². The maximum Gasteiger partial charge on any atom is 0.262 e. The molecule has 0 saturated carbocycles. The van der Waals surface area contributed by atoms with E-state index in [4.69, 9.17) is 0 Å². The van der Waals surface area contributed by atoms with Crippen LogP contribution in [0, 0.1) is 11.7 Å². The maximum atomic E-state index is 14.3. The number of hydrogen-bond donors (Lipinski definition) is 0. The van der Waals surface area contributed by atoms with Crippen LogP contribution in [0.5, 0.6) is 0 Å². The van der Waals surface area contributed by atoms with E-state index in [0.29, 0.717) is 5.69 Å². The Morgan fingerprint density at radius 3 is 2.50 bits per heavy atom. The lowest BCUT2D eigenvalue weighted by atomic mass is 9.93. The lowest BCUT2D eigenvalue weighted by Gasteiger charge is -2.20. The molecule has 1 amide bonds. The van der Waals surface area contributed by atoms with Crippen molar-refractivity contribution in [2.45, 2.75) is 26.8 Å². The summed E-state index contributed by atoms with van der Waals surface area (Å²) in [6.45, 7) is 5.28. The van der Waals surface area contributed by atoms with Crippen LogP contribution in [0.15, 0.2) is 52.8 Å². The van der Waals surface area contributed by atoms with Crippen LogP contribution in [-0.4, -0.2) is 18.3 Å². The lowest BCUT2D eigenvalue weighted by molar-refractivity contribution is -0.114. The Hall–Kier alpha value is -2.30. The number of benzene rings is 1. The van der Waals surface area contributed by atoms with Gasteiger partial charge in [0, 0.05) is 5.92 Å². The first kappa shape index (κ1) is 16.1. The quantitative estimate of drug-likeness (QED) is 0.759. The van der Waals surface area contributed by atoms with Gasteiger partial charge in [-0.1, -0.05) is 13.0 Å². The minimum atomic E-state index is -0.565. The smallest absolute Gasteiger partial charge is 0.262 e. The molecule has 5 heteroatoms. The van der Waals surface area contributed by atoms with E-state index in [9.17, 15) is 13.6 Å². The summed E-state index contributed by atoms with van der Waals surface area (Å²) in [5.41, 5.74) is 0.523. The number of carbonyl (C=O) groups excluding carboxylic acids is 1. The maximum absolute atomic E-state index is 14.3. The normalized spacial score (nSPS) is 24.8. The highest BCUT2D eigenvalue weighted by Crippen LogP contribution is 2.29. The molecule has 2 atom stereocenters. The molecule has 1 aromatic rings. The number of halogens is 2. The summed E-state index contributed by atoms with van der Waals surface area (Å²) in [6.07, 6.45) is 4.19. The van der Waals surface area contributed by atoms with E-state index in [2.05, 4.69) is 4.99 Å². The zero-order chi connectivity index (χ0) is 16.3. The van der Waals surface area contributed by atoms with Gasteiger partial charge in [0.15, 0.2) is 0 Å². The molecule has 116 valence electrons. The molecular formula is C17H18F2N2O. The molecule has 2 unspecified atom stereocenters. The molecule has 0 radical (unpaired) electrons. The standard InChI is InChI=1S/C17H18F2N2O/c1-4-5-15(19)16-11(2)12(3)20-10-21(17(16)22)14-8-6-13(18)7-9-14/h4-12H,1-3H3. The van der Waals surface area contributed by atoms with Crippen molar-refractivity contribution in [3.05, 3.63) is 53.6 Å². The van der Waals surface area contributed by atoms with Gasteiger partial charge in [-0.25, -0.2) is 8.78 Å². The number of anilines is 1. The average molecular weight is 304 g/mol. The third-order valence-electron chi connectivity index (χ3n) is 3.72. The molecule has 2 rings (SSSR count). The number of allylic oxidation sites excluding steroid dienone is 3. The van der Waals surface area contributed by atoms with E-state index in [-0.39, 0.29) is 17.5 Å². The molecule has 22 heavy (non-hydrogen) atoms. The highest BCUT2D eigenvalue weighted by Gasteiger charge is 2.31. The van der Waals surface area contributed by atoms with Crippen molar-refractivity contribution >= 4 is 17.9 Å². The first-order valence-corrected chi connectivity index (χ1v) is 7.10.